The van der Waals surface area contributed by atoms with E-state index in [0.29, 0.717) is 6.42 Å². The molecule has 1 fully saturated rings. The SMILES string of the molecule is COC(=O)CC(NC(=O)C1CC1(Cl)Cl)c1ccc(Br)cc1. The summed E-state index contributed by atoms with van der Waals surface area (Å²) in [5.74, 6) is -1.09. The average Bonchev–Trinajstić information content (AvgIpc) is 3.08. The second-order valence-corrected chi connectivity index (χ2v) is 7.37. The van der Waals surface area contributed by atoms with Gasteiger partial charge in [-0.3, -0.25) is 9.59 Å². The number of carbonyl (C=O) groups excluding carboxylic acids is 2. The first kappa shape index (κ1) is 16.6. The highest BCUT2D eigenvalue weighted by Gasteiger charge is 2.56. The molecule has 0 saturated heterocycles. The van der Waals surface area contributed by atoms with Crippen LogP contribution in [0.5, 0.6) is 0 Å². The Morgan fingerprint density at radius 3 is 2.48 bits per heavy atom. The lowest BCUT2D eigenvalue weighted by Crippen LogP contribution is -2.32. The van der Waals surface area contributed by atoms with E-state index in [9.17, 15) is 9.59 Å². The molecule has 0 bridgehead atoms. The van der Waals surface area contributed by atoms with E-state index in [2.05, 4.69) is 26.0 Å². The Kier molecular flexibility index (Phi) is 5.17. The molecule has 2 unspecified atom stereocenters. The van der Waals surface area contributed by atoms with Crippen molar-refractivity contribution >= 4 is 51.0 Å². The van der Waals surface area contributed by atoms with E-state index in [0.717, 1.165) is 10.0 Å². The van der Waals surface area contributed by atoms with Gasteiger partial charge in [-0.1, -0.05) is 28.1 Å². The third-order valence-corrected chi connectivity index (χ3v) is 4.69. The van der Waals surface area contributed by atoms with Crippen LogP contribution in [0, 0.1) is 5.92 Å². The first-order valence-electron chi connectivity index (χ1n) is 6.34. The van der Waals surface area contributed by atoms with Crippen LogP contribution in [-0.4, -0.2) is 23.3 Å². The second kappa shape index (κ2) is 6.55. The maximum absolute atomic E-state index is 12.1. The van der Waals surface area contributed by atoms with E-state index in [1.807, 2.05) is 24.3 Å². The highest BCUT2D eigenvalue weighted by atomic mass is 79.9. The number of methoxy groups -OCH3 is 1. The van der Waals surface area contributed by atoms with Crippen LogP contribution in [0.3, 0.4) is 0 Å². The van der Waals surface area contributed by atoms with E-state index in [-0.39, 0.29) is 12.3 Å². The van der Waals surface area contributed by atoms with Crippen LogP contribution in [0.15, 0.2) is 28.7 Å². The van der Waals surface area contributed by atoms with Gasteiger partial charge >= 0.3 is 5.97 Å². The lowest BCUT2D eigenvalue weighted by atomic mass is 10.0. The number of esters is 1. The van der Waals surface area contributed by atoms with Gasteiger partial charge in [-0.25, -0.2) is 0 Å². The summed E-state index contributed by atoms with van der Waals surface area (Å²) < 4.78 is 4.60. The zero-order chi connectivity index (χ0) is 15.6. The molecule has 0 radical (unpaired) electrons. The lowest BCUT2D eigenvalue weighted by Gasteiger charge is -2.18. The molecule has 1 aromatic carbocycles. The molecule has 1 amide bonds. The number of nitrogens with one attached hydrogen (secondary N) is 1. The Hall–Kier alpha value is -0.780. The van der Waals surface area contributed by atoms with Crippen LogP contribution in [0.1, 0.15) is 24.4 Å². The minimum atomic E-state index is -0.986. The molecule has 0 aromatic heterocycles. The van der Waals surface area contributed by atoms with Crippen molar-refractivity contribution in [1.29, 1.82) is 0 Å². The monoisotopic (exact) mass is 393 g/mol. The fourth-order valence-corrected chi connectivity index (χ4v) is 2.74. The summed E-state index contributed by atoms with van der Waals surface area (Å²) in [6.07, 6.45) is 0.474. The number of carbonyl (C=O) groups is 2. The Bertz CT molecular complexity index is 548. The highest BCUT2D eigenvalue weighted by Crippen LogP contribution is 2.53. The lowest BCUT2D eigenvalue weighted by molar-refractivity contribution is -0.141. The summed E-state index contributed by atoms with van der Waals surface area (Å²) in [4.78, 5) is 23.6. The van der Waals surface area contributed by atoms with Crippen LogP contribution in [0.2, 0.25) is 0 Å². The van der Waals surface area contributed by atoms with Crippen molar-refractivity contribution in [3.05, 3.63) is 34.3 Å². The van der Waals surface area contributed by atoms with E-state index in [1.165, 1.54) is 7.11 Å². The van der Waals surface area contributed by atoms with Gasteiger partial charge in [0.2, 0.25) is 5.91 Å². The van der Waals surface area contributed by atoms with Gasteiger partial charge in [0.15, 0.2) is 0 Å². The summed E-state index contributed by atoms with van der Waals surface area (Å²) in [5, 5.41) is 2.81. The second-order valence-electron chi connectivity index (χ2n) is 4.91. The summed E-state index contributed by atoms with van der Waals surface area (Å²) in [7, 11) is 1.31. The van der Waals surface area contributed by atoms with Crippen LogP contribution >= 0.6 is 39.1 Å². The molecule has 2 rings (SSSR count). The molecule has 0 aliphatic heterocycles. The van der Waals surface area contributed by atoms with E-state index < -0.39 is 22.3 Å². The van der Waals surface area contributed by atoms with Crippen molar-refractivity contribution in [3.8, 4) is 0 Å². The van der Waals surface area contributed by atoms with Crippen LogP contribution in [-0.2, 0) is 14.3 Å². The summed E-state index contributed by atoms with van der Waals surface area (Å²) in [6.45, 7) is 0. The maximum Gasteiger partial charge on any atom is 0.307 e. The smallest absolute Gasteiger partial charge is 0.307 e. The van der Waals surface area contributed by atoms with Crippen molar-refractivity contribution in [2.24, 2.45) is 5.92 Å². The highest BCUT2D eigenvalue weighted by molar-refractivity contribution is 9.10. The van der Waals surface area contributed by atoms with Gasteiger partial charge in [-0.05, 0) is 24.1 Å². The van der Waals surface area contributed by atoms with Crippen LogP contribution in [0.25, 0.3) is 0 Å². The first-order valence-corrected chi connectivity index (χ1v) is 7.89. The third kappa shape index (κ3) is 4.34. The maximum atomic E-state index is 12.1. The Morgan fingerprint density at radius 1 is 1.43 bits per heavy atom. The van der Waals surface area contributed by atoms with Crippen molar-refractivity contribution in [2.45, 2.75) is 23.2 Å². The molecule has 1 aromatic rings. The molecule has 7 heteroatoms. The fraction of sp³-hybridized carbons (Fsp3) is 0.429. The number of ether oxygens (including phenoxy) is 1. The van der Waals surface area contributed by atoms with Crippen molar-refractivity contribution in [1.82, 2.24) is 5.32 Å². The van der Waals surface area contributed by atoms with E-state index in [1.54, 1.807) is 0 Å². The van der Waals surface area contributed by atoms with Crippen LogP contribution < -0.4 is 5.32 Å². The molecule has 1 N–H and O–H groups in total. The third-order valence-electron chi connectivity index (χ3n) is 3.33. The molecule has 0 spiro atoms. The predicted octanol–water partition coefficient (Wildman–Crippen LogP) is 3.36. The van der Waals surface area contributed by atoms with Gasteiger partial charge in [0.05, 0.1) is 25.5 Å². The zero-order valence-electron chi connectivity index (χ0n) is 11.2. The number of alkyl halides is 2. The minimum Gasteiger partial charge on any atom is -0.469 e. The fourth-order valence-electron chi connectivity index (χ4n) is 1.97. The van der Waals surface area contributed by atoms with Crippen molar-refractivity contribution in [3.63, 3.8) is 0 Å². The van der Waals surface area contributed by atoms with Crippen molar-refractivity contribution < 1.29 is 14.3 Å². The van der Waals surface area contributed by atoms with Gasteiger partial charge in [-0.2, -0.15) is 0 Å². The van der Waals surface area contributed by atoms with Gasteiger partial charge < -0.3 is 10.1 Å². The summed E-state index contributed by atoms with van der Waals surface area (Å²) >= 11 is 15.1. The number of rotatable bonds is 5. The molecule has 1 saturated carbocycles. The molecule has 2 atom stereocenters. The molecule has 114 valence electrons. The van der Waals surface area contributed by atoms with Gasteiger partial charge in [0.25, 0.3) is 0 Å². The van der Waals surface area contributed by atoms with Gasteiger partial charge in [-0.15, -0.1) is 23.2 Å². The first-order chi connectivity index (χ1) is 9.83. The standard InChI is InChI=1S/C14H14BrCl2NO3/c1-21-12(19)6-11(8-2-4-9(15)5-3-8)18-13(20)10-7-14(10,16)17/h2-5,10-11H,6-7H2,1H3,(H,18,20). The Labute approximate surface area is 141 Å². The summed E-state index contributed by atoms with van der Waals surface area (Å²) in [6, 6.07) is 6.88. The zero-order valence-corrected chi connectivity index (χ0v) is 14.3. The molecule has 1 aliphatic carbocycles. The van der Waals surface area contributed by atoms with Crippen LogP contribution in [0.4, 0.5) is 0 Å². The average molecular weight is 395 g/mol. The number of amides is 1. The number of hydrogen-bond donors (Lipinski definition) is 1. The number of halogens is 3. The van der Waals surface area contributed by atoms with Gasteiger partial charge in [0.1, 0.15) is 4.33 Å². The number of hydrogen-bond acceptors (Lipinski definition) is 3. The Morgan fingerprint density at radius 2 is 2.00 bits per heavy atom. The number of benzene rings is 1. The molecule has 21 heavy (non-hydrogen) atoms. The van der Waals surface area contributed by atoms with E-state index >= 15 is 0 Å². The topological polar surface area (TPSA) is 55.4 Å². The molecular formula is C14H14BrCl2NO3. The molecular weight excluding hydrogens is 381 g/mol. The molecule has 1 aliphatic rings. The van der Waals surface area contributed by atoms with E-state index in [4.69, 9.17) is 23.2 Å². The van der Waals surface area contributed by atoms with Gasteiger partial charge in [0, 0.05) is 4.47 Å². The summed E-state index contributed by atoms with van der Waals surface area (Å²) in [5.41, 5.74) is 0.812. The normalized spacial score (nSPS) is 20.5. The minimum absolute atomic E-state index is 0.0498. The molecule has 0 heterocycles. The predicted molar refractivity (Wildman–Crippen MR) is 84.2 cm³/mol. The largest absolute Gasteiger partial charge is 0.469 e. The Balaban J connectivity index is 2.10. The quantitative estimate of drug-likeness (QED) is 0.615. The van der Waals surface area contributed by atoms with Crippen molar-refractivity contribution in [2.75, 3.05) is 7.11 Å². The molecule has 4 nitrogen and oxygen atoms in total.